The summed E-state index contributed by atoms with van der Waals surface area (Å²) in [6, 6.07) is 4.05. The molecule has 2 aromatic rings. The molecule has 1 aromatic heterocycles. The van der Waals surface area contributed by atoms with Gasteiger partial charge in [0.25, 0.3) is 0 Å². The van der Waals surface area contributed by atoms with Gasteiger partial charge in [-0.15, -0.1) is 0 Å². The summed E-state index contributed by atoms with van der Waals surface area (Å²) < 4.78 is 8.63. The molecule has 0 saturated carbocycles. The number of aryl methyl sites for hydroxylation is 1. The van der Waals surface area contributed by atoms with Gasteiger partial charge in [-0.3, -0.25) is 4.99 Å². The average Bonchev–Trinajstić information content (AvgIpc) is 2.88. The quantitative estimate of drug-likeness (QED) is 0.635. The minimum Gasteiger partial charge on any atom is -0.267 e. The zero-order chi connectivity index (χ0) is 13.7. The first-order valence-electron chi connectivity index (χ1n) is 6.19. The second kappa shape index (κ2) is 6.33. The van der Waals surface area contributed by atoms with Crippen LogP contribution in [0.3, 0.4) is 0 Å². The summed E-state index contributed by atoms with van der Waals surface area (Å²) in [7, 11) is 0. The first kappa shape index (κ1) is 13.5. The third-order valence-electron chi connectivity index (χ3n) is 2.62. The van der Waals surface area contributed by atoms with E-state index >= 15 is 0 Å². The molecule has 19 heavy (non-hydrogen) atoms. The third kappa shape index (κ3) is 3.12. The van der Waals surface area contributed by atoms with Crippen LogP contribution < -0.4 is 0 Å². The highest BCUT2D eigenvalue weighted by Crippen LogP contribution is 2.19. The van der Waals surface area contributed by atoms with Gasteiger partial charge in [-0.1, -0.05) is 18.2 Å². The minimum atomic E-state index is 0.721. The van der Waals surface area contributed by atoms with Crippen molar-refractivity contribution < 1.29 is 0 Å². The first-order valence-corrected chi connectivity index (χ1v) is 6.92. The molecule has 0 saturated heterocycles. The van der Waals surface area contributed by atoms with Crippen molar-refractivity contribution in [3.05, 3.63) is 35.4 Å². The molecule has 0 amide bonds. The Kier molecular flexibility index (Phi) is 4.52. The number of allylic oxidation sites excluding steroid dienone is 1. The summed E-state index contributed by atoms with van der Waals surface area (Å²) in [5.41, 5.74) is 3.97. The Morgan fingerprint density at radius 1 is 1.32 bits per heavy atom. The lowest BCUT2D eigenvalue weighted by atomic mass is 10.1. The maximum Gasteiger partial charge on any atom is 0.146 e. The second-order valence-electron chi connectivity index (χ2n) is 4.02. The van der Waals surface area contributed by atoms with Crippen LogP contribution in [-0.2, 0) is 0 Å². The molecular weight excluding hydrogens is 256 g/mol. The molecule has 0 fully saturated rings. The highest BCUT2D eigenvalue weighted by Gasteiger charge is 2.06. The number of aliphatic imine (C=N–C) groups is 2. The number of benzene rings is 1. The molecule has 0 aliphatic carbocycles. The number of rotatable bonds is 3. The summed E-state index contributed by atoms with van der Waals surface area (Å²) >= 11 is 1.23. The first-order chi connectivity index (χ1) is 9.26. The fourth-order valence-corrected chi connectivity index (χ4v) is 2.32. The lowest BCUT2D eigenvalue weighted by Crippen LogP contribution is -1.93. The van der Waals surface area contributed by atoms with Gasteiger partial charge in [-0.2, -0.15) is 8.75 Å². The van der Waals surface area contributed by atoms with Crippen LogP contribution in [0.5, 0.6) is 0 Å². The van der Waals surface area contributed by atoms with Gasteiger partial charge in [-0.05, 0) is 32.4 Å². The summed E-state index contributed by atoms with van der Waals surface area (Å²) in [5, 5.41) is 0. The Bertz CT molecular complexity index is 653. The Morgan fingerprint density at radius 2 is 2.11 bits per heavy atom. The molecule has 5 heteroatoms. The van der Waals surface area contributed by atoms with Gasteiger partial charge in [0, 0.05) is 18.3 Å². The Balaban J connectivity index is 2.38. The van der Waals surface area contributed by atoms with E-state index < -0.39 is 0 Å². The molecule has 0 bridgehead atoms. The maximum absolute atomic E-state index is 4.41. The second-order valence-corrected chi connectivity index (χ2v) is 4.55. The van der Waals surface area contributed by atoms with Crippen molar-refractivity contribution in [3.63, 3.8) is 0 Å². The Labute approximate surface area is 116 Å². The summed E-state index contributed by atoms with van der Waals surface area (Å²) in [6.07, 6.45) is 5.63. The summed E-state index contributed by atoms with van der Waals surface area (Å²) in [6.45, 7) is 6.70. The average molecular weight is 272 g/mol. The van der Waals surface area contributed by atoms with Gasteiger partial charge in [0.2, 0.25) is 0 Å². The maximum atomic E-state index is 4.41. The Hall–Kier alpha value is -1.88. The standard InChI is InChI=1S/C14H16N4S/c1-4-6-12(15-5-2)16-9-11-8-7-10(3)13-14(11)18-19-17-13/h4,6-9H,5H2,1-3H3/b6-4-,15-12?,16-9?. The zero-order valence-corrected chi connectivity index (χ0v) is 12.1. The number of amidine groups is 1. The van der Waals surface area contributed by atoms with Gasteiger partial charge in [-0.25, -0.2) is 4.99 Å². The molecular formula is C14H16N4S. The van der Waals surface area contributed by atoms with Gasteiger partial charge < -0.3 is 0 Å². The number of fused-ring (bicyclic) bond motifs is 1. The molecule has 0 spiro atoms. The normalized spacial score (nSPS) is 13.1. The monoisotopic (exact) mass is 272 g/mol. The molecule has 0 atom stereocenters. The molecule has 98 valence electrons. The van der Waals surface area contributed by atoms with Gasteiger partial charge in [0.05, 0.1) is 11.7 Å². The van der Waals surface area contributed by atoms with E-state index in [1.54, 1.807) is 6.21 Å². The SMILES string of the molecule is C/C=C\C(N=Cc1ccc(C)c2nsnc12)=NCC. The van der Waals surface area contributed by atoms with Crippen LogP contribution in [0, 0.1) is 6.92 Å². The van der Waals surface area contributed by atoms with E-state index in [9.17, 15) is 0 Å². The zero-order valence-electron chi connectivity index (χ0n) is 11.3. The van der Waals surface area contributed by atoms with Gasteiger partial charge >= 0.3 is 0 Å². The molecule has 1 aromatic carbocycles. The fraction of sp³-hybridized carbons (Fsp3) is 0.286. The predicted molar refractivity (Wildman–Crippen MR) is 82.5 cm³/mol. The van der Waals surface area contributed by atoms with Crippen LogP contribution in [0.1, 0.15) is 25.0 Å². The third-order valence-corrected chi connectivity index (χ3v) is 3.15. The number of hydrogen-bond acceptors (Lipinski definition) is 4. The molecule has 0 N–H and O–H groups in total. The summed E-state index contributed by atoms with van der Waals surface area (Å²) in [5.74, 6) is 0.724. The van der Waals surface area contributed by atoms with E-state index in [-0.39, 0.29) is 0 Å². The van der Waals surface area contributed by atoms with Crippen molar-refractivity contribution in [2.24, 2.45) is 9.98 Å². The molecule has 0 aliphatic heterocycles. The van der Waals surface area contributed by atoms with Crippen LogP contribution >= 0.6 is 11.7 Å². The fourth-order valence-electron chi connectivity index (χ4n) is 1.70. The smallest absolute Gasteiger partial charge is 0.146 e. The molecule has 1 heterocycles. The van der Waals surface area contributed by atoms with Crippen molar-refractivity contribution >= 4 is 34.8 Å². The largest absolute Gasteiger partial charge is 0.267 e. The van der Waals surface area contributed by atoms with Crippen LogP contribution in [-0.4, -0.2) is 27.3 Å². The number of nitrogens with zero attached hydrogens (tertiary/aromatic N) is 4. The van der Waals surface area contributed by atoms with E-state index in [0.29, 0.717) is 0 Å². The van der Waals surface area contributed by atoms with Crippen LogP contribution in [0.25, 0.3) is 11.0 Å². The summed E-state index contributed by atoms with van der Waals surface area (Å²) in [4.78, 5) is 8.72. The molecule has 4 nitrogen and oxygen atoms in total. The van der Waals surface area contributed by atoms with Crippen molar-refractivity contribution in [1.82, 2.24) is 8.75 Å². The molecule has 0 radical (unpaired) electrons. The molecule has 2 rings (SSSR count). The minimum absolute atomic E-state index is 0.721. The van der Waals surface area contributed by atoms with Crippen LogP contribution in [0.4, 0.5) is 0 Å². The van der Waals surface area contributed by atoms with Crippen LogP contribution in [0.15, 0.2) is 34.3 Å². The van der Waals surface area contributed by atoms with Gasteiger partial charge in [0.1, 0.15) is 16.9 Å². The highest BCUT2D eigenvalue weighted by atomic mass is 32.1. The van der Waals surface area contributed by atoms with E-state index in [4.69, 9.17) is 0 Å². The van der Waals surface area contributed by atoms with Crippen molar-refractivity contribution in [2.45, 2.75) is 20.8 Å². The number of hydrogen-bond donors (Lipinski definition) is 0. The van der Waals surface area contributed by atoms with Crippen LogP contribution in [0.2, 0.25) is 0 Å². The Morgan fingerprint density at radius 3 is 2.84 bits per heavy atom. The number of aromatic nitrogens is 2. The predicted octanol–water partition coefficient (Wildman–Crippen LogP) is 3.41. The van der Waals surface area contributed by atoms with E-state index in [1.807, 2.05) is 45.1 Å². The topological polar surface area (TPSA) is 50.5 Å². The lowest BCUT2D eigenvalue weighted by Gasteiger charge is -1.98. The van der Waals surface area contributed by atoms with Crippen molar-refractivity contribution in [1.29, 1.82) is 0 Å². The van der Waals surface area contributed by atoms with E-state index in [0.717, 1.165) is 34.5 Å². The van der Waals surface area contributed by atoms with E-state index in [1.165, 1.54) is 11.7 Å². The van der Waals surface area contributed by atoms with Crippen molar-refractivity contribution in [2.75, 3.05) is 6.54 Å². The highest BCUT2D eigenvalue weighted by molar-refractivity contribution is 7.00. The van der Waals surface area contributed by atoms with Gasteiger partial charge in [0.15, 0.2) is 0 Å². The van der Waals surface area contributed by atoms with Crippen molar-refractivity contribution in [3.8, 4) is 0 Å². The molecule has 0 unspecified atom stereocenters. The lowest BCUT2D eigenvalue weighted by molar-refractivity contribution is 1.12. The van der Waals surface area contributed by atoms with E-state index in [2.05, 4.69) is 18.7 Å². The molecule has 0 aliphatic rings.